The van der Waals surface area contributed by atoms with Crippen LogP contribution in [0, 0.1) is 0 Å². The van der Waals surface area contributed by atoms with Crippen LogP contribution in [0.4, 0.5) is 0 Å². The summed E-state index contributed by atoms with van der Waals surface area (Å²) in [6, 6.07) is 8.44. The molecule has 1 atom stereocenters. The minimum atomic E-state index is 0.544. The zero-order valence-electron chi connectivity index (χ0n) is 12.9. The molecule has 117 valence electrons. The third-order valence-electron chi connectivity index (χ3n) is 3.43. The molecule has 0 bridgehead atoms. The van der Waals surface area contributed by atoms with Gasteiger partial charge in [-0.3, -0.25) is 4.79 Å². The van der Waals surface area contributed by atoms with E-state index in [4.69, 9.17) is 4.74 Å². The summed E-state index contributed by atoms with van der Waals surface area (Å²) in [5, 5.41) is 0. The maximum atomic E-state index is 10.1. The van der Waals surface area contributed by atoms with Gasteiger partial charge in [0.25, 0.3) is 0 Å². The molecule has 0 N–H and O–H groups in total. The first-order valence-corrected chi connectivity index (χ1v) is 8.84. The average Bonchev–Trinajstić information content (AvgIpc) is 2.48. The molecule has 1 aromatic carbocycles. The van der Waals surface area contributed by atoms with Crippen molar-refractivity contribution in [2.75, 3.05) is 6.61 Å². The van der Waals surface area contributed by atoms with Gasteiger partial charge >= 0.3 is 0 Å². The molecule has 0 aromatic heterocycles. The number of ether oxygens (including phenoxy) is 1. The lowest BCUT2D eigenvalue weighted by molar-refractivity contribution is 0.305. The summed E-state index contributed by atoms with van der Waals surface area (Å²) in [4.78, 5) is 10.7. The Hall–Kier alpha value is -0.830. The van der Waals surface area contributed by atoms with Gasteiger partial charge in [0.1, 0.15) is 5.75 Å². The zero-order chi connectivity index (χ0) is 15.3. The van der Waals surface area contributed by atoms with Crippen molar-refractivity contribution in [2.24, 2.45) is 0 Å². The monoisotopic (exact) mass is 353 g/mol. The number of hydrogen-bond acceptors (Lipinski definition) is 2. The number of unbranched alkanes of at least 4 members (excludes halogenated alkanes) is 4. The van der Waals surface area contributed by atoms with Gasteiger partial charge in [-0.2, -0.15) is 0 Å². The van der Waals surface area contributed by atoms with Crippen LogP contribution < -0.4 is 4.74 Å². The predicted molar refractivity (Wildman–Crippen MR) is 92.0 cm³/mol. The van der Waals surface area contributed by atoms with Gasteiger partial charge in [-0.1, -0.05) is 41.4 Å². The summed E-state index contributed by atoms with van der Waals surface area (Å²) in [7, 11) is 0. The van der Waals surface area contributed by atoms with E-state index in [-0.39, 0.29) is 0 Å². The fourth-order valence-electron chi connectivity index (χ4n) is 2.17. The van der Waals surface area contributed by atoms with Crippen LogP contribution >= 0.6 is 15.9 Å². The maximum Gasteiger partial charge on any atom is 0.198 e. The molecule has 21 heavy (non-hydrogen) atoms. The summed E-state index contributed by atoms with van der Waals surface area (Å²) in [6.07, 6.45) is 10.3. The van der Waals surface area contributed by atoms with Gasteiger partial charge in [0.05, 0.1) is 6.61 Å². The maximum absolute atomic E-state index is 10.1. The molecule has 1 unspecified atom stereocenters. The molecule has 1 rings (SSSR count). The predicted octanol–water partition coefficient (Wildman–Crippen LogP) is 5.23. The molecule has 3 heteroatoms. The first kappa shape index (κ1) is 18.2. The molecule has 0 aliphatic carbocycles. The highest BCUT2D eigenvalue weighted by molar-refractivity contribution is 9.09. The average molecular weight is 354 g/mol. The lowest BCUT2D eigenvalue weighted by Gasteiger charge is -2.07. The quantitative estimate of drug-likeness (QED) is 0.379. The number of benzene rings is 1. The first-order valence-electron chi connectivity index (χ1n) is 7.93. The Morgan fingerprint density at radius 1 is 1.10 bits per heavy atom. The number of halogens is 1. The number of carbonyl (C=O) groups excluding carboxylic acids is 1. The van der Waals surface area contributed by atoms with E-state index in [0.717, 1.165) is 38.0 Å². The van der Waals surface area contributed by atoms with Crippen LogP contribution in [0.1, 0.15) is 57.4 Å². The van der Waals surface area contributed by atoms with E-state index in [0.29, 0.717) is 11.2 Å². The number of rotatable bonds is 12. The molecule has 0 saturated heterocycles. The lowest BCUT2D eigenvalue weighted by atomic mass is 10.1. The Morgan fingerprint density at radius 3 is 2.52 bits per heavy atom. The minimum absolute atomic E-state index is 0.544. The van der Waals surface area contributed by atoms with Crippen LogP contribution in [0.15, 0.2) is 24.3 Å². The van der Waals surface area contributed by atoms with Gasteiger partial charge in [0.2, 0.25) is 0 Å². The molecule has 2 nitrogen and oxygen atoms in total. The summed E-state index contributed by atoms with van der Waals surface area (Å²) in [6.45, 7) is 2.92. The van der Waals surface area contributed by atoms with E-state index in [1.165, 1.54) is 24.8 Å². The summed E-state index contributed by atoms with van der Waals surface area (Å²) < 4.78 is 5.69. The topological polar surface area (TPSA) is 26.3 Å². The smallest absolute Gasteiger partial charge is 0.198 e. The van der Waals surface area contributed by atoms with Gasteiger partial charge in [-0.05, 0) is 56.2 Å². The largest absolute Gasteiger partial charge is 0.494 e. The SMILES string of the molecule is CC(Br)CCCCc1ccc(OCCCCC[C]=O)cc1. The van der Waals surface area contributed by atoms with Crippen molar-refractivity contribution in [2.45, 2.75) is 63.1 Å². The summed E-state index contributed by atoms with van der Waals surface area (Å²) in [5.74, 6) is 0.940. The van der Waals surface area contributed by atoms with E-state index in [1.807, 2.05) is 6.29 Å². The van der Waals surface area contributed by atoms with Crippen LogP contribution in [-0.4, -0.2) is 17.7 Å². The fourth-order valence-corrected chi connectivity index (χ4v) is 2.50. The van der Waals surface area contributed by atoms with Crippen molar-refractivity contribution in [1.82, 2.24) is 0 Å². The first-order chi connectivity index (χ1) is 10.2. The summed E-state index contributed by atoms with van der Waals surface area (Å²) >= 11 is 3.58. The molecule has 0 heterocycles. The highest BCUT2D eigenvalue weighted by Crippen LogP contribution is 2.16. The standard InChI is InChI=1S/C18H26BrO2/c1-16(19)8-4-5-9-17-10-12-18(13-11-17)21-15-7-3-2-6-14-20/h10-13,16H,2-9,15H2,1H3. The van der Waals surface area contributed by atoms with E-state index in [1.54, 1.807) is 0 Å². The highest BCUT2D eigenvalue weighted by atomic mass is 79.9. The van der Waals surface area contributed by atoms with Crippen molar-refractivity contribution in [1.29, 1.82) is 0 Å². The van der Waals surface area contributed by atoms with Gasteiger partial charge < -0.3 is 4.74 Å². The van der Waals surface area contributed by atoms with Crippen molar-refractivity contribution in [3.63, 3.8) is 0 Å². The Balaban J connectivity index is 2.13. The second kappa shape index (κ2) is 11.8. The van der Waals surface area contributed by atoms with Crippen LogP contribution in [-0.2, 0) is 11.2 Å². The second-order valence-corrected chi connectivity index (χ2v) is 7.04. The minimum Gasteiger partial charge on any atom is -0.494 e. The highest BCUT2D eigenvalue weighted by Gasteiger charge is 1.99. The number of hydrogen-bond donors (Lipinski definition) is 0. The van der Waals surface area contributed by atoms with E-state index in [2.05, 4.69) is 47.1 Å². The van der Waals surface area contributed by atoms with E-state index < -0.39 is 0 Å². The van der Waals surface area contributed by atoms with Crippen molar-refractivity contribution < 1.29 is 9.53 Å². The lowest BCUT2D eigenvalue weighted by Crippen LogP contribution is -1.97. The van der Waals surface area contributed by atoms with Gasteiger partial charge in [-0.25, -0.2) is 0 Å². The van der Waals surface area contributed by atoms with Crippen LogP contribution in [0.5, 0.6) is 5.75 Å². The molecule has 1 radical (unpaired) electrons. The fraction of sp³-hybridized carbons (Fsp3) is 0.611. The van der Waals surface area contributed by atoms with E-state index in [9.17, 15) is 4.79 Å². The Morgan fingerprint density at radius 2 is 1.86 bits per heavy atom. The molecular weight excluding hydrogens is 328 g/mol. The molecule has 1 aromatic rings. The molecular formula is C18H26BrO2. The Kier molecular flexibility index (Phi) is 10.2. The number of alkyl halides is 1. The molecule has 0 amide bonds. The van der Waals surface area contributed by atoms with Gasteiger partial charge in [0, 0.05) is 11.2 Å². The third-order valence-corrected chi connectivity index (χ3v) is 3.89. The molecule has 0 fully saturated rings. The van der Waals surface area contributed by atoms with Gasteiger partial charge in [-0.15, -0.1) is 0 Å². The zero-order valence-corrected chi connectivity index (χ0v) is 14.5. The normalized spacial score (nSPS) is 12.1. The van der Waals surface area contributed by atoms with Crippen molar-refractivity contribution in [3.05, 3.63) is 29.8 Å². The summed E-state index contributed by atoms with van der Waals surface area (Å²) in [5.41, 5.74) is 1.38. The third kappa shape index (κ3) is 9.67. The van der Waals surface area contributed by atoms with Crippen LogP contribution in [0.25, 0.3) is 0 Å². The Labute approximate surface area is 137 Å². The van der Waals surface area contributed by atoms with Crippen molar-refractivity contribution in [3.8, 4) is 5.75 Å². The van der Waals surface area contributed by atoms with E-state index >= 15 is 0 Å². The Bertz CT molecular complexity index is 373. The van der Waals surface area contributed by atoms with Crippen molar-refractivity contribution >= 4 is 22.2 Å². The van der Waals surface area contributed by atoms with Crippen LogP contribution in [0.2, 0.25) is 0 Å². The second-order valence-electron chi connectivity index (χ2n) is 5.47. The molecule has 0 aliphatic rings. The number of aryl methyl sites for hydroxylation is 1. The van der Waals surface area contributed by atoms with Gasteiger partial charge in [0.15, 0.2) is 6.29 Å². The molecule has 0 aliphatic heterocycles. The molecule has 0 saturated carbocycles. The molecule has 0 spiro atoms. The van der Waals surface area contributed by atoms with Crippen LogP contribution in [0.3, 0.4) is 0 Å².